The first-order valence-electron chi connectivity index (χ1n) is 8.86. The summed E-state index contributed by atoms with van der Waals surface area (Å²) < 4.78 is 17.2. The average molecular weight is 356 g/mol. The second-order valence-corrected chi connectivity index (χ2v) is 6.39. The van der Waals surface area contributed by atoms with Crippen molar-refractivity contribution >= 4 is 5.78 Å². The van der Waals surface area contributed by atoms with E-state index in [0.29, 0.717) is 13.0 Å². The molecule has 3 rings (SSSR count). The van der Waals surface area contributed by atoms with Gasteiger partial charge in [0.05, 0.1) is 5.56 Å². The summed E-state index contributed by atoms with van der Waals surface area (Å²) in [5.41, 5.74) is 1.17. The lowest BCUT2D eigenvalue weighted by Crippen LogP contribution is -2.39. The van der Waals surface area contributed by atoms with E-state index in [1.807, 2.05) is 18.2 Å². The summed E-state index contributed by atoms with van der Waals surface area (Å²) in [5.74, 6) is -1.09. The molecule has 1 N–H and O–H groups in total. The fraction of sp³-hybridized carbons (Fsp3) is 0.381. The van der Waals surface area contributed by atoms with E-state index >= 15 is 0 Å². The molecule has 1 heterocycles. The number of benzene rings is 1. The van der Waals surface area contributed by atoms with Crippen LogP contribution in [0.1, 0.15) is 36.0 Å². The molecule has 0 bridgehead atoms. The first-order valence-corrected chi connectivity index (χ1v) is 8.86. The second kappa shape index (κ2) is 8.45. The minimum absolute atomic E-state index is 0.0189. The van der Waals surface area contributed by atoms with Crippen LogP contribution in [0.15, 0.2) is 60.2 Å². The molecule has 5 heteroatoms. The van der Waals surface area contributed by atoms with Gasteiger partial charge in [-0.2, -0.15) is 0 Å². The van der Waals surface area contributed by atoms with E-state index in [9.17, 15) is 9.90 Å². The molecule has 1 aromatic carbocycles. The highest BCUT2D eigenvalue weighted by atomic mass is 16.8. The number of allylic oxidation sites excluding steroid dienone is 4. The number of methoxy groups -OCH3 is 1. The minimum atomic E-state index is -0.832. The Balaban J connectivity index is 1.62. The van der Waals surface area contributed by atoms with Crippen LogP contribution in [0.3, 0.4) is 0 Å². The van der Waals surface area contributed by atoms with E-state index in [4.69, 9.17) is 14.2 Å². The molecule has 138 valence electrons. The molecule has 0 saturated carbocycles. The maximum atomic E-state index is 12.2. The van der Waals surface area contributed by atoms with Crippen LogP contribution in [-0.4, -0.2) is 36.7 Å². The summed E-state index contributed by atoms with van der Waals surface area (Å²) in [4.78, 5) is 12.2. The zero-order valence-electron chi connectivity index (χ0n) is 14.9. The van der Waals surface area contributed by atoms with Gasteiger partial charge in [-0.15, -0.1) is 0 Å². The number of carbonyl (C=O) groups is 1. The molecule has 2 unspecified atom stereocenters. The van der Waals surface area contributed by atoms with Crippen molar-refractivity contribution in [3.63, 3.8) is 0 Å². The summed E-state index contributed by atoms with van der Waals surface area (Å²) >= 11 is 0. The van der Waals surface area contributed by atoms with Gasteiger partial charge in [-0.05, 0) is 49.1 Å². The highest BCUT2D eigenvalue weighted by molar-refractivity contribution is 6.06. The van der Waals surface area contributed by atoms with E-state index in [1.54, 1.807) is 31.4 Å². The molecule has 0 spiro atoms. The van der Waals surface area contributed by atoms with Crippen molar-refractivity contribution < 1.29 is 24.1 Å². The standard InChI is InChI=1S/C21H24O5/c1-24-21(26-20-8-4-5-15-25-20)13-11-16(12-14-21)9-10-19(23)17-6-2-3-7-18(17)22/h2-3,6-7,9-13,20,22H,4-5,8,14-15H2,1H3. The first-order chi connectivity index (χ1) is 12.6. The normalized spacial score (nSPS) is 26.0. The third kappa shape index (κ3) is 4.49. The number of aromatic hydroxyl groups is 1. The van der Waals surface area contributed by atoms with Gasteiger partial charge in [-0.3, -0.25) is 4.79 Å². The second-order valence-electron chi connectivity index (χ2n) is 6.39. The number of carbonyl (C=O) groups excluding carboxylic acids is 1. The summed E-state index contributed by atoms with van der Waals surface area (Å²) in [7, 11) is 1.61. The van der Waals surface area contributed by atoms with Crippen LogP contribution in [0.4, 0.5) is 0 Å². The molecular formula is C21H24O5. The fourth-order valence-electron chi connectivity index (χ4n) is 3.00. The molecule has 1 aliphatic heterocycles. The molecule has 1 saturated heterocycles. The molecule has 5 nitrogen and oxygen atoms in total. The van der Waals surface area contributed by atoms with Gasteiger partial charge in [-0.25, -0.2) is 0 Å². The van der Waals surface area contributed by atoms with Crippen LogP contribution in [0.2, 0.25) is 0 Å². The molecule has 0 aromatic heterocycles. The topological polar surface area (TPSA) is 65.0 Å². The van der Waals surface area contributed by atoms with Crippen LogP contribution < -0.4 is 0 Å². The Morgan fingerprint density at radius 1 is 1.35 bits per heavy atom. The van der Waals surface area contributed by atoms with Gasteiger partial charge < -0.3 is 19.3 Å². The molecule has 2 aliphatic rings. The third-order valence-corrected chi connectivity index (χ3v) is 4.56. The van der Waals surface area contributed by atoms with E-state index in [2.05, 4.69) is 0 Å². The fourth-order valence-corrected chi connectivity index (χ4v) is 3.00. The Labute approximate surface area is 153 Å². The van der Waals surface area contributed by atoms with Gasteiger partial charge >= 0.3 is 0 Å². The van der Waals surface area contributed by atoms with Crippen molar-refractivity contribution in [2.24, 2.45) is 0 Å². The quantitative estimate of drug-likeness (QED) is 0.476. The average Bonchev–Trinajstić information content (AvgIpc) is 2.68. The van der Waals surface area contributed by atoms with Crippen molar-refractivity contribution in [1.82, 2.24) is 0 Å². The van der Waals surface area contributed by atoms with Gasteiger partial charge in [0, 0.05) is 20.1 Å². The molecule has 0 amide bonds. The van der Waals surface area contributed by atoms with Crippen LogP contribution >= 0.6 is 0 Å². The Morgan fingerprint density at radius 2 is 2.19 bits per heavy atom. The Morgan fingerprint density at radius 3 is 2.85 bits per heavy atom. The summed E-state index contributed by atoms with van der Waals surface area (Å²) in [5, 5.41) is 9.75. The van der Waals surface area contributed by atoms with E-state index < -0.39 is 5.79 Å². The number of ketones is 1. The van der Waals surface area contributed by atoms with Crippen molar-refractivity contribution in [3.8, 4) is 5.75 Å². The third-order valence-electron chi connectivity index (χ3n) is 4.56. The van der Waals surface area contributed by atoms with E-state index in [0.717, 1.165) is 24.8 Å². The SMILES string of the molecule is COC1(OC2CCCCO2)C=CC(C=CC(=O)c2ccccc2O)=CC1. The predicted octanol–water partition coefficient (Wildman–Crippen LogP) is 3.90. The summed E-state index contributed by atoms with van der Waals surface area (Å²) in [6, 6.07) is 6.50. The largest absolute Gasteiger partial charge is 0.507 e. The van der Waals surface area contributed by atoms with Gasteiger partial charge in [-0.1, -0.05) is 30.4 Å². The maximum Gasteiger partial charge on any atom is 0.194 e. The highest BCUT2D eigenvalue weighted by Gasteiger charge is 2.33. The van der Waals surface area contributed by atoms with Crippen molar-refractivity contribution in [2.45, 2.75) is 37.8 Å². The van der Waals surface area contributed by atoms with Crippen LogP contribution in [0, 0.1) is 0 Å². The number of phenolic OH excluding ortho intramolecular Hbond substituents is 1. The van der Waals surface area contributed by atoms with Crippen molar-refractivity contribution in [3.05, 3.63) is 65.8 Å². The van der Waals surface area contributed by atoms with Crippen LogP contribution in [0.5, 0.6) is 5.75 Å². The maximum absolute atomic E-state index is 12.2. The summed E-state index contributed by atoms with van der Waals surface area (Å²) in [6.45, 7) is 0.715. The Bertz CT molecular complexity index is 728. The van der Waals surface area contributed by atoms with E-state index in [1.165, 1.54) is 12.1 Å². The molecular weight excluding hydrogens is 332 g/mol. The number of hydrogen-bond donors (Lipinski definition) is 1. The lowest BCUT2D eigenvalue weighted by molar-refractivity contribution is -0.285. The predicted molar refractivity (Wildman–Crippen MR) is 97.8 cm³/mol. The van der Waals surface area contributed by atoms with Crippen molar-refractivity contribution in [1.29, 1.82) is 0 Å². The molecule has 2 atom stereocenters. The number of para-hydroxylation sites is 1. The van der Waals surface area contributed by atoms with Gasteiger partial charge in [0.1, 0.15) is 5.75 Å². The molecule has 1 aromatic rings. The van der Waals surface area contributed by atoms with Crippen LogP contribution in [0.25, 0.3) is 0 Å². The number of phenols is 1. The number of rotatable bonds is 6. The van der Waals surface area contributed by atoms with E-state index in [-0.39, 0.29) is 23.4 Å². The smallest absolute Gasteiger partial charge is 0.194 e. The van der Waals surface area contributed by atoms with Gasteiger partial charge in [0.15, 0.2) is 17.9 Å². The number of ether oxygens (including phenoxy) is 3. The molecule has 26 heavy (non-hydrogen) atoms. The van der Waals surface area contributed by atoms with Crippen LogP contribution in [-0.2, 0) is 14.2 Å². The van der Waals surface area contributed by atoms with Gasteiger partial charge in [0.25, 0.3) is 0 Å². The Hall–Kier alpha value is -2.21. The zero-order chi connectivity index (χ0) is 18.4. The first kappa shape index (κ1) is 18.6. The summed E-state index contributed by atoms with van der Waals surface area (Å²) in [6.07, 6.45) is 12.2. The lowest BCUT2D eigenvalue weighted by atomic mass is 10.00. The monoisotopic (exact) mass is 356 g/mol. The Kier molecular flexibility index (Phi) is 6.04. The molecule has 1 fully saturated rings. The minimum Gasteiger partial charge on any atom is -0.507 e. The molecule has 1 aliphatic carbocycles. The lowest BCUT2D eigenvalue weighted by Gasteiger charge is -2.35. The molecule has 0 radical (unpaired) electrons. The zero-order valence-corrected chi connectivity index (χ0v) is 14.9. The highest BCUT2D eigenvalue weighted by Crippen LogP contribution is 2.30. The number of hydrogen-bond acceptors (Lipinski definition) is 5. The van der Waals surface area contributed by atoms with Gasteiger partial charge in [0.2, 0.25) is 0 Å². The van der Waals surface area contributed by atoms with Crippen molar-refractivity contribution in [2.75, 3.05) is 13.7 Å².